The predicted molar refractivity (Wildman–Crippen MR) is 84.7 cm³/mol. The number of methoxy groups -OCH3 is 1. The molecule has 23 heavy (non-hydrogen) atoms. The molecule has 2 N–H and O–H groups in total. The zero-order chi connectivity index (χ0) is 16.5. The van der Waals surface area contributed by atoms with Crippen LogP contribution in [0, 0.1) is 0 Å². The van der Waals surface area contributed by atoms with E-state index in [9.17, 15) is 4.79 Å². The van der Waals surface area contributed by atoms with Crippen molar-refractivity contribution in [1.29, 1.82) is 0 Å². The van der Waals surface area contributed by atoms with Gasteiger partial charge in [0.25, 0.3) is 0 Å². The zero-order valence-electron chi connectivity index (χ0n) is 12.9. The summed E-state index contributed by atoms with van der Waals surface area (Å²) in [4.78, 5) is 18.5. The maximum atomic E-state index is 10.7. The summed E-state index contributed by atoms with van der Waals surface area (Å²) >= 11 is 0. The van der Waals surface area contributed by atoms with Gasteiger partial charge in [-0.15, -0.1) is 0 Å². The molecule has 0 fully saturated rings. The fourth-order valence-corrected chi connectivity index (χ4v) is 1.86. The van der Waals surface area contributed by atoms with Gasteiger partial charge >= 0.3 is 5.97 Å². The van der Waals surface area contributed by atoms with Gasteiger partial charge in [0.1, 0.15) is 11.6 Å². The van der Waals surface area contributed by atoms with E-state index in [1.165, 1.54) is 12.4 Å². The molecule has 0 aliphatic rings. The van der Waals surface area contributed by atoms with Crippen LogP contribution in [0.15, 0.2) is 36.7 Å². The highest BCUT2D eigenvalue weighted by Crippen LogP contribution is 2.14. The summed E-state index contributed by atoms with van der Waals surface area (Å²) in [6, 6.07) is 7.73. The first kappa shape index (κ1) is 16.7. The van der Waals surface area contributed by atoms with Crippen molar-refractivity contribution < 1.29 is 19.4 Å². The highest BCUT2D eigenvalue weighted by atomic mass is 16.5. The number of nitrogens with zero attached hydrogens (tertiary/aromatic N) is 2. The van der Waals surface area contributed by atoms with Crippen molar-refractivity contribution >= 4 is 11.8 Å². The Labute approximate surface area is 134 Å². The molecule has 0 saturated carbocycles. The van der Waals surface area contributed by atoms with Gasteiger partial charge < -0.3 is 19.9 Å². The zero-order valence-corrected chi connectivity index (χ0v) is 12.9. The third-order valence-corrected chi connectivity index (χ3v) is 3.00. The van der Waals surface area contributed by atoms with E-state index in [0.29, 0.717) is 25.6 Å². The lowest BCUT2D eigenvalue weighted by molar-refractivity contribution is 0.0690. The van der Waals surface area contributed by atoms with E-state index in [-0.39, 0.29) is 5.69 Å². The summed E-state index contributed by atoms with van der Waals surface area (Å²) in [5, 5.41) is 11.9. The SMILES string of the molecule is COCCCOc1cccc(CNc2cnc(C(=O)O)cn2)c1. The predicted octanol–water partition coefficient (Wildman–Crippen LogP) is 2.20. The molecule has 0 aliphatic carbocycles. The second-order valence-corrected chi connectivity index (χ2v) is 4.79. The lowest BCUT2D eigenvalue weighted by Gasteiger charge is -2.09. The molecule has 1 heterocycles. The number of hydrogen-bond donors (Lipinski definition) is 2. The van der Waals surface area contributed by atoms with Crippen molar-refractivity contribution in [3.63, 3.8) is 0 Å². The Morgan fingerprint density at radius 1 is 1.26 bits per heavy atom. The minimum Gasteiger partial charge on any atom is -0.493 e. The quantitative estimate of drug-likeness (QED) is 0.685. The first-order chi connectivity index (χ1) is 11.2. The summed E-state index contributed by atoms with van der Waals surface area (Å²) in [6.45, 7) is 1.81. The highest BCUT2D eigenvalue weighted by molar-refractivity contribution is 5.84. The number of carboxylic acids is 1. The average Bonchev–Trinajstić information content (AvgIpc) is 2.58. The molecule has 0 unspecified atom stereocenters. The Morgan fingerprint density at radius 2 is 2.13 bits per heavy atom. The molecule has 2 aromatic rings. The summed E-state index contributed by atoms with van der Waals surface area (Å²) in [5.74, 6) is 0.219. The van der Waals surface area contributed by atoms with Gasteiger partial charge in [-0.25, -0.2) is 14.8 Å². The van der Waals surface area contributed by atoms with Gasteiger partial charge in [-0.1, -0.05) is 12.1 Å². The highest BCUT2D eigenvalue weighted by Gasteiger charge is 2.04. The molecule has 0 bridgehead atoms. The minimum atomic E-state index is -1.10. The van der Waals surface area contributed by atoms with Gasteiger partial charge in [-0.2, -0.15) is 0 Å². The maximum absolute atomic E-state index is 10.7. The topological polar surface area (TPSA) is 93.6 Å². The number of rotatable bonds is 9. The molecule has 1 aromatic heterocycles. The average molecular weight is 317 g/mol. The van der Waals surface area contributed by atoms with Crippen LogP contribution in [0.4, 0.5) is 5.82 Å². The molecule has 0 spiro atoms. The Kier molecular flexibility index (Phi) is 6.31. The van der Waals surface area contributed by atoms with E-state index in [4.69, 9.17) is 14.6 Å². The van der Waals surface area contributed by atoms with Gasteiger partial charge in [-0.3, -0.25) is 0 Å². The molecule has 1 aromatic carbocycles. The summed E-state index contributed by atoms with van der Waals surface area (Å²) < 4.78 is 10.6. The second kappa shape index (κ2) is 8.70. The third-order valence-electron chi connectivity index (χ3n) is 3.00. The number of hydrogen-bond acceptors (Lipinski definition) is 6. The molecular formula is C16H19N3O4. The lowest BCUT2D eigenvalue weighted by atomic mass is 10.2. The standard InChI is InChI=1S/C16H19N3O4/c1-22-6-3-7-23-13-5-2-4-12(8-13)9-18-15-11-17-14(10-19-15)16(20)21/h2,4-5,8,10-11H,3,6-7,9H2,1H3,(H,18,19)(H,20,21). The van der Waals surface area contributed by atoms with Crippen molar-refractivity contribution in [3.05, 3.63) is 47.9 Å². The number of anilines is 1. The van der Waals surface area contributed by atoms with E-state index in [2.05, 4.69) is 15.3 Å². The number of benzene rings is 1. The Balaban J connectivity index is 1.86. The number of carbonyl (C=O) groups is 1. The molecule has 0 amide bonds. The van der Waals surface area contributed by atoms with Crippen molar-refractivity contribution in [1.82, 2.24) is 9.97 Å². The smallest absolute Gasteiger partial charge is 0.356 e. The summed E-state index contributed by atoms with van der Waals surface area (Å²) in [5.41, 5.74) is 0.945. The number of nitrogens with one attached hydrogen (secondary N) is 1. The molecule has 122 valence electrons. The van der Waals surface area contributed by atoms with E-state index in [1.54, 1.807) is 7.11 Å². The van der Waals surface area contributed by atoms with Crippen molar-refractivity contribution in [2.24, 2.45) is 0 Å². The van der Waals surface area contributed by atoms with E-state index < -0.39 is 5.97 Å². The second-order valence-electron chi connectivity index (χ2n) is 4.79. The molecule has 0 saturated heterocycles. The van der Waals surface area contributed by atoms with Crippen molar-refractivity contribution in [2.45, 2.75) is 13.0 Å². The molecule has 0 radical (unpaired) electrons. The van der Waals surface area contributed by atoms with Crippen LogP contribution >= 0.6 is 0 Å². The number of aromatic carboxylic acids is 1. The van der Waals surface area contributed by atoms with Gasteiger partial charge in [0, 0.05) is 26.7 Å². The molecule has 2 rings (SSSR count). The number of aromatic nitrogens is 2. The lowest BCUT2D eigenvalue weighted by Crippen LogP contribution is -2.06. The van der Waals surface area contributed by atoms with Crippen molar-refractivity contribution in [3.8, 4) is 5.75 Å². The summed E-state index contributed by atoms with van der Waals surface area (Å²) in [6.07, 6.45) is 3.46. The van der Waals surface area contributed by atoms with Crippen LogP contribution in [0.1, 0.15) is 22.5 Å². The van der Waals surface area contributed by atoms with Crippen LogP contribution in [-0.4, -0.2) is 41.4 Å². The monoisotopic (exact) mass is 317 g/mol. The molecule has 0 aliphatic heterocycles. The van der Waals surface area contributed by atoms with Crippen LogP contribution in [0.5, 0.6) is 5.75 Å². The minimum absolute atomic E-state index is 0.0815. The first-order valence-corrected chi connectivity index (χ1v) is 7.19. The largest absolute Gasteiger partial charge is 0.493 e. The fourth-order valence-electron chi connectivity index (χ4n) is 1.86. The fraction of sp³-hybridized carbons (Fsp3) is 0.312. The van der Waals surface area contributed by atoms with Crippen molar-refractivity contribution in [2.75, 3.05) is 25.6 Å². The van der Waals surface area contributed by atoms with Crippen LogP contribution in [0.2, 0.25) is 0 Å². The molecular weight excluding hydrogens is 298 g/mol. The molecule has 7 nitrogen and oxygen atoms in total. The van der Waals surface area contributed by atoms with Gasteiger partial charge in [0.05, 0.1) is 19.0 Å². The van der Waals surface area contributed by atoms with Crippen LogP contribution in [0.25, 0.3) is 0 Å². The Bertz CT molecular complexity index is 631. The first-order valence-electron chi connectivity index (χ1n) is 7.19. The van der Waals surface area contributed by atoms with Gasteiger partial charge in [0.2, 0.25) is 0 Å². The summed E-state index contributed by atoms with van der Waals surface area (Å²) in [7, 11) is 1.66. The van der Waals surface area contributed by atoms with E-state index in [0.717, 1.165) is 17.7 Å². The number of carboxylic acid groups (broad SMARTS) is 1. The Hall–Kier alpha value is -2.67. The third kappa shape index (κ3) is 5.55. The number of ether oxygens (including phenoxy) is 2. The van der Waals surface area contributed by atoms with Crippen LogP contribution < -0.4 is 10.1 Å². The molecule has 0 atom stereocenters. The van der Waals surface area contributed by atoms with E-state index in [1.807, 2.05) is 24.3 Å². The Morgan fingerprint density at radius 3 is 2.83 bits per heavy atom. The normalized spacial score (nSPS) is 10.3. The maximum Gasteiger partial charge on any atom is 0.356 e. The van der Waals surface area contributed by atoms with Gasteiger partial charge in [-0.05, 0) is 17.7 Å². The van der Waals surface area contributed by atoms with Gasteiger partial charge in [0.15, 0.2) is 5.69 Å². The molecule has 7 heteroatoms. The van der Waals surface area contributed by atoms with E-state index >= 15 is 0 Å². The van der Waals surface area contributed by atoms with Crippen LogP contribution in [0.3, 0.4) is 0 Å². The van der Waals surface area contributed by atoms with Crippen LogP contribution in [-0.2, 0) is 11.3 Å².